The first kappa shape index (κ1) is 32.9. The van der Waals surface area contributed by atoms with Crippen molar-refractivity contribution in [3.05, 3.63) is 194 Å². The van der Waals surface area contributed by atoms with Gasteiger partial charge in [-0.25, -0.2) is 19.9 Å². The van der Waals surface area contributed by atoms with Crippen molar-refractivity contribution in [2.24, 2.45) is 0 Å². The van der Waals surface area contributed by atoms with E-state index in [9.17, 15) is 0 Å². The summed E-state index contributed by atoms with van der Waals surface area (Å²) in [6.07, 6.45) is 3.77. The van der Waals surface area contributed by atoms with E-state index < -0.39 is 0 Å². The number of pyridine rings is 3. The van der Waals surface area contributed by atoms with Crippen molar-refractivity contribution in [1.29, 1.82) is 0 Å². The van der Waals surface area contributed by atoms with E-state index in [0.29, 0.717) is 17.5 Å². The molecule has 262 valence electrons. The van der Waals surface area contributed by atoms with Gasteiger partial charge in [0.2, 0.25) is 0 Å². The molecule has 6 nitrogen and oxygen atoms in total. The quantitative estimate of drug-likeness (QED) is 0.163. The molecule has 0 aliphatic heterocycles. The summed E-state index contributed by atoms with van der Waals surface area (Å²) in [5.74, 6) is 1.89. The normalized spacial score (nSPS) is 11.2. The van der Waals surface area contributed by atoms with E-state index in [4.69, 9.17) is 29.9 Å². The monoisotopic (exact) mass is 716 g/mol. The molecular weight excluding hydrogens is 685 g/mol. The largest absolute Gasteiger partial charge is 0.254 e. The summed E-state index contributed by atoms with van der Waals surface area (Å²) in [6, 6.07) is 62.0. The summed E-state index contributed by atoms with van der Waals surface area (Å²) in [5.41, 5.74) is 10.2. The van der Waals surface area contributed by atoms with Crippen molar-refractivity contribution in [3.8, 4) is 79.2 Å². The summed E-state index contributed by atoms with van der Waals surface area (Å²) < 4.78 is 0. The van der Waals surface area contributed by atoms with Crippen LogP contribution in [0.4, 0.5) is 0 Å². The van der Waals surface area contributed by atoms with Crippen LogP contribution in [0, 0.1) is 0 Å². The van der Waals surface area contributed by atoms with Gasteiger partial charge in [0.05, 0.1) is 22.8 Å². The summed E-state index contributed by atoms with van der Waals surface area (Å²) in [6.45, 7) is 0. The minimum atomic E-state index is 0.617. The second-order valence-electron chi connectivity index (χ2n) is 13.6. The third kappa shape index (κ3) is 6.35. The highest BCUT2D eigenvalue weighted by atomic mass is 15.0. The van der Waals surface area contributed by atoms with E-state index in [-0.39, 0.29) is 0 Å². The van der Waals surface area contributed by atoms with Gasteiger partial charge >= 0.3 is 0 Å². The van der Waals surface area contributed by atoms with Crippen molar-refractivity contribution in [3.63, 3.8) is 0 Å². The highest BCUT2D eigenvalue weighted by Gasteiger charge is 2.16. The van der Waals surface area contributed by atoms with Gasteiger partial charge in [0.25, 0.3) is 0 Å². The van der Waals surface area contributed by atoms with Crippen LogP contribution in [0.5, 0.6) is 0 Å². The van der Waals surface area contributed by atoms with Crippen LogP contribution in [0.15, 0.2) is 194 Å². The molecule has 4 aromatic heterocycles. The number of rotatable bonds is 7. The standard InChI is InChI=1S/C50H32N6/c1-3-14-36(15-4-1)48-54-49(37-16-5-2-6-17-37)56-50(55-48)38-24-22-33(23-25-38)39-26-27-44(52-32-39)45-30-40(42-21-11-18-34-12-7-9-19-41(34)42)31-46(53-45)47-43-20-10-8-13-35(43)28-29-51-47/h1-32H. The third-order valence-corrected chi connectivity index (χ3v) is 10.0. The van der Waals surface area contributed by atoms with Crippen molar-refractivity contribution >= 4 is 21.5 Å². The molecule has 6 heteroatoms. The van der Waals surface area contributed by atoms with Crippen LogP contribution in [-0.2, 0) is 0 Å². The molecule has 0 amide bonds. The topological polar surface area (TPSA) is 77.3 Å². The summed E-state index contributed by atoms with van der Waals surface area (Å²) in [4.78, 5) is 29.6. The molecule has 6 aromatic carbocycles. The first-order valence-corrected chi connectivity index (χ1v) is 18.5. The number of hydrogen-bond acceptors (Lipinski definition) is 6. The molecule has 0 spiro atoms. The van der Waals surface area contributed by atoms with Crippen LogP contribution in [0.1, 0.15) is 0 Å². The molecule has 0 aliphatic carbocycles. The molecule has 10 rings (SSSR count). The second-order valence-corrected chi connectivity index (χ2v) is 13.6. The number of nitrogens with zero attached hydrogens (tertiary/aromatic N) is 6. The Kier molecular flexibility index (Phi) is 8.39. The predicted molar refractivity (Wildman–Crippen MR) is 226 cm³/mol. The number of fused-ring (bicyclic) bond motifs is 2. The van der Waals surface area contributed by atoms with E-state index in [1.54, 1.807) is 0 Å². The van der Waals surface area contributed by atoms with Crippen molar-refractivity contribution in [2.45, 2.75) is 0 Å². The van der Waals surface area contributed by atoms with Gasteiger partial charge in [0, 0.05) is 40.0 Å². The van der Waals surface area contributed by atoms with Gasteiger partial charge in [-0.05, 0) is 57.1 Å². The third-order valence-electron chi connectivity index (χ3n) is 10.0. The van der Waals surface area contributed by atoms with Crippen LogP contribution in [-0.4, -0.2) is 29.9 Å². The van der Waals surface area contributed by atoms with E-state index in [2.05, 4.69) is 97.1 Å². The van der Waals surface area contributed by atoms with Gasteiger partial charge in [-0.1, -0.05) is 158 Å². The minimum absolute atomic E-state index is 0.617. The first-order valence-electron chi connectivity index (χ1n) is 18.5. The predicted octanol–water partition coefficient (Wildman–Crippen LogP) is 12.0. The van der Waals surface area contributed by atoms with Gasteiger partial charge in [-0.2, -0.15) is 0 Å². The molecule has 0 radical (unpaired) electrons. The molecule has 0 saturated heterocycles. The lowest BCUT2D eigenvalue weighted by atomic mass is 9.96. The lowest BCUT2D eigenvalue weighted by Crippen LogP contribution is -2.00. The van der Waals surface area contributed by atoms with Crippen LogP contribution >= 0.6 is 0 Å². The molecule has 10 aromatic rings. The van der Waals surface area contributed by atoms with E-state index in [0.717, 1.165) is 72.5 Å². The second kappa shape index (κ2) is 14.3. The van der Waals surface area contributed by atoms with E-state index in [1.807, 2.05) is 97.3 Å². The maximum atomic E-state index is 5.19. The molecule has 0 atom stereocenters. The zero-order valence-electron chi connectivity index (χ0n) is 30.2. The van der Waals surface area contributed by atoms with Crippen molar-refractivity contribution in [1.82, 2.24) is 29.9 Å². The lowest BCUT2D eigenvalue weighted by molar-refractivity contribution is 1.07. The van der Waals surface area contributed by atoms with Gasteiger partial charge in [0.1, 0.15) is 0 Å². The zero-order chi connectivity index (χ0) is 37.3. The summed E-state index contributed by atoms with van der Waals surface area (Å²) >= 11 is 0. The summed E-state index contributed by atoms with van der Waals surface area (Å²) in [7, 11) is 0. The Morgan fingerprint density at radius 2 is 0.839 bits per heavy atom. The molecule has 0 N–H and O–H groups in total. The number of aromatic nitrogens is 6. The highest BCUT2D eigenvalue weighted by molar-refractivity contribution is 5.99. The van der Waals surface area contributed by atoms with Crippen LogP contribution in [0.25, 0.3) is 101 Å². The van der Waals surface area contributed by atoms with E-state index >= 15 is 0 Å². The number of hydrogen-bond donors (Lipinski definition) is 0. The Morgan fingerprint density at radius 1 is 0.304 bits per heavy atom. The SMILES string of the molecule is c1ccc(-c2nc(-c3ccccc3)nc(-c3ccc(-c4ccc(-c5cc(-c6cccc7ccccc67)cc(-c6nccc7ccccc67)n5)nc4)cc3)n2)cc1. The van der Waals surface area contributed by atoms with E-state index in [1.165, 1.54) is 10.8 Å². The van der Waals surface area contributed by atoms with Crippen molar-refractivity contribution < 1.29 is 0 Å². The maximum Gasteiger partial charge on any atom is 0.164 e. The smallest absolute Gasteiger partial charge is 0.164 e. The molecule has 0 saturated carbocycles. The lowest BCUT2D eigenvalue weighted by Gasteiger charge is -2.13. The molecule has 0 unspecified atom stereocenters. The fourth-order valence-electron chi connectivity index (χ4n) is 7.21. The Bertz CT molecular complexity index is 2840. The summed E-state index contributed by atoms with van der Waals surface area (Å²) in [5, 5.41) is 4.54. The number of benzene rings is 6. The molecule has 4 heterocycles. The first-order chi connectivity index (χ1) is 27.7. The minimum Gasteiger partial charge on any atom is -0.254 e. The average molecular weight is 717 g/mol. The van der Waals surface area contributed by atoms with Gasteiger partial charge in [-0.3, -0.25) is 9.97 Å². The maximum absolute atomic E-state index is 5.19. The molecular formula is C50H32N6. The highest BCUT2D eigenvalue weighted by Crippen LogP contribution is 2.36. The molecule has 0 aliphatic rings. The van der Waals surface area contributed by atoms with Crippen molar-refractivity contribution in [2.75, 3.05) is 0 Å². The average Bonchev–Trinajstić information content (AvgIpc) is 3.29. The molecule has 0 fully saturated rings. The Morgan fingerprint density at radius 3 is 1.50 bits per heavy atom. The van der Waals surface area contributed by atoms with Gasteiger partial charge in [0.15, 0.2) is 17.5 Å². The van der Waals surface area contributed by atoms with Gasteiger partial charge < -0.3 is 0 Å². The van der Waals surface area contributed by atoms with Crippen LogP contribution in [0.2, 0.25) is 0 Å². The molecule has 0 bridgehead atoms. The Balaban J connectivity index is 1.02. The molecule has 56 heavy (non-hydrogen) atoms. The van der Waals surface area contributed by atoms with Crippen LogP contribution < -0.4 is 0 Å². The van der Waals surface area contributed by atoms with Gasteiger partial charge in [-0.15, -0.1) is 0 Å². The Labute approximate surface area is 324 Å². The zero-order valence-corrected chi connectivity index (χ0v) is 30.2. The Hall–Kier alpha value is -7.70. The van der Waals surface area contributed by atoms with Crippen LogP contribution in [0.3, 0.4) is 0 Å². The fourth-order valence-corrected chi connectivity index (χ4v) is 7.21. The fraction of sp³-hybridized carbons (Fsp3) is 0.